The Hall–Kier alpha value is -1.32. The van der Waals surface area contributed by atoms with E-state index >= 15 is 0 Å². The molecule has 0 spiro atoms. The standard InChI is InChI=1S/C11H16N2O2/c12-10(14)4-8-6-1-2-7(3-6)9(8)5-11(13)15/h1-2,6-9H,3-5H2,(H2,12,14)(H2,13,15). The maximum Gasteiger partial charge on any atom is 0.217 e. The van der Waals surface area contributed by atoms with Crippen LogP contribution in [0.2, 0.25) is 0 Å². The van der Waals surface area contributed by atoms with Gasteiger partial charge in [-0.3, -0.25) is 9.59 Å². The highest BCUT2D eigenvalue weighted by Crippen LogP contribution is 2.50. The average molecular weight is 208 g/mol. The molecule has 0 heterocycles. The van der Waals surface area contributed by atoms with Gasteiger partial charge in [0.25, 0.3) is 0 Å². The summed E-state index contributed by atoms with van der Waals surface area (Å²) in [5, 5.41) is 0. The number of hydrogen-bond donors (Lipinski definition) is 2. The molecule has 2 rings (SSSR count). The van der Waals surface area contributed by atoms with Crippen LogP contribution in [0.5, 0.6) is 0 Å². The number of carbonyl (C=O) groups excluding carboxylic acids is 2. The summed E-state index contributed by atoms with van der Waals surface area (Å²) in [7, 11) is 0. The van der Waals surface area contributed by atoms with Gasteiger partial charge in [-0.1, -0.05) is 12.2 Å². The van der Waals surface area contributed by atoms with E-state index in [9.17, 15) is 9.59 Å². The van der Waals surface area contributed by atoms with Crippen LogP contribution in [0.15, 0.2) is 12.2 Å². The maximum atomic E-state index is 10.9. The topological polar surface area (TPSA) is 86.2 Å². The number of rotatable bonds is 4. The molecule has 4 nitrogen and oxygen atoms in total. The smallest absolute Gasteiger partial charge is 0.217 e. The van der Waals surface area contributed by atoms with Crippen molar-refractivity contribution in [1.82, 2.24) is 0 Å². The second-order valence-corrected chi connectivity index (χ2v) is 4.62. The van der Waals surface area contributed by atoms with Crippen molar-refractivity contribution in [3.8, 4) is 0 Å². The molecule has 0 aromatic heterocycles. The molecule has 15 heavy (non-hydrogen) atoms. The first-order chi connectivity index (χ1) is 7.08. The summed E-state index contributed by atoms with van der Waals surface area (Å²) in [4.78, 5) is 21.9. The Balaban J connectivity index is 2.09. The highest BCUT2D eigenvalue weighted by Gasteiger charge is 2.45. The molecule has 1 fully saturated rings. The van der Waals surface area contributed by atoms with Crippen LogP contribution >= 0.6 is 0 Å². The van der Waals surface area contributed by atoms with Crippen molar-refractivity contribution in [3.05, 3.63) is 12.2 Å². The Morgan fingerprint density at radius 3 is 1.73 bits per heavy atom. The van der Waals surface area contributed by atoms with Crippen molar-refractivity contribution in [2.75, 3.05) is 0 Å². The van der Waals surface area contributed by atoms with E-state index in [0.29, 0.717) is 24.7 Å². The van der Waals surface area contributed by atoms with Crippen molar-refractivity contribution < 1.29 is 9.59 Å². The molecule has 2 amide bonds. The Morgan fingerprint density at radius 1 is 1.00 bits per heavy atom. The second kappa shape index (κ2) is 3.68. The molecule has 4 N–H and O–H groups in total. The van der Waals surface area contributed by atoms with Crippen LogP contribution in [-0.2, 0) is 9.59 Å². The molecule has 4 heteroatoms. The minimum atomic E-state index is -0.282. The van der Waals surface area contributed by atoms with E-state index in [1.807, 2.05) is 0 Å². The van der Waals surface area contributed by atoms with Crippen LogP contribution < -0.4 is 11.5 Å². The van der Waals surface area contributed by atoms with Gasteiger partial charge >= 0.3 is 0 Å². The fourth-order valence-electron chi connectivity index (χ4n) is 3.10. The molecule has 1 saturated carbocycles. The highest BCUT2D eigenvalue weighted by molar-refractivity contribution is 5.76. The predicted octanol–water partition coefficient (Wildman–Crippen LogP) is 0.176. The molecule has 4 atom stereocenters. The van der Waals surface area contributed by atoms with Crippen LogP contribution in [0.1, 0.15) is 19.3 Å². The van der Waals surface area contributed by atoms with E-state index in [-0.39, 0.29) is 23.7 Å². The monoisotopic (exact) mass is 208 g/mol. The highest BCUT2D eigenvalue weighted by atomic mass is 16.1. The lowest BCUT2D eigenvalue weighted by atomic mass is 9.79. The van der Waals surface area contributed by atoms with Gasteiger partial charge in [0.15, 0.2) is 0 Å². The summed E-state index contributed by atoms with van der Waals surface area (Å²) in [6.07, 6.45) is 6.11. The van der Waals surface area contributed by atoms with E-state index in [4.69, 9.17) is 11.5 Å². The van der Waals surface area contributed by atoms with Gasteiger partial charge in [-0.25, -0.2) is 0 Å². The van der Waals surface area contributed by atoms with Crippen LogP contribution in [0.4, 0.5) is 0 Å². The molecule has 2 aliphatic carbocycles. The zero-order valence-corrected chi connectivity index (χ0v) is 8.56. The fraction of sp³-hybridized carbons (Fsp3) is 0.636. The number of hydrogen-bond acceptors (Lipinski definition) is 2. The summed E-state index contributed by atoms with van der Waals surface area (Å²) in [5.41, 5.74) is 10.4. The predicted molar refractivity (Wildman–Crippen MR) is 55.3 cm³/mol. The minimum Gasteiger partial charge on any atom is -0.370 e. The zero-order valence-electron chi connectivity index (χ0n) is 8.56. The molecule has 0 radical (unpaired) electrons. The van der Waals surface area contributed by atoms with Crippen molar-refractivity contribution in [2.24, 2.45) is 35.1 Å². The SMILES string of the molecule is NC(=O)CC1C2C=CC(C2)C1CC(N)=O. The normalized spacial score (nSPS) is 37.1. The van der Waals surface area contributed by atoms with E-state index in [1.165, 1.54) is 0 Å². The third kappa shape index (κ3) is 1.89. The van der Waals surface area contributed by atoms with Gasteiger partial charge in [0.2, 0.25) is 11.8 Å². The number of amides is 2. The number of fused-ring (bicyclic) bond motifs is 2. The number of allylic oxidation sites excluding steroid dienone is 2. The Morgan fingerprint density at radius 2 is 1.40 bits per heavy atom. The first-order valence-electron chi connectivity index (χ1n) is 5.33. The Bertz CT molecular complexity index is 295. The number of primary amides is 2. The van der Waals surface area contributed by atoms with Gasteiger partial charge in [-0.15, -0.1) is 0 Å². The van der Waals surface area contributed by atoms with Gasteiger partial charge in [-0.2, -0.15) is 0 Å². The first-order valence-corrected chi connectivity index (χ1v) is 5.33. The quantitative estimate of drug-likeness (QED) is 0.645. The second-order valence-electron chi connectivity index (χ2n) is 4.62. The summed E-state index contributed by atoms with van der Waals surface area (Å²) in [5.74, 6) is 0.736. The van der Waals surface area contributed by atoms with Crippen LogP contribution in [0.25, 0.3) is 0 Å². The number of carbonyl (C=O) groups is 2. The van der Waals surface area contributed by atoms with Crippen molar-refractivity contribution in [1.29, 1.82) is 0 Å². The molecule has 2 aliphatic rings. The van der Waals surface area contributed by atoms with Crippen molar-refractivity contribution in [3.63, 3.8) is 0 Å². The summed E-state index contributed by atoms with van der Waals surface area (Å²) >= 11 is 0. The van der Waals surface area contributed by atoms with Gasteiger partial charge in [0.05, 0.1) is 0 Å². The molecule has 0 aliphatic heterocycles. The molecule has 0 aromatic rings. The van der Waals surface area contributed by atoms with E-state index in [2.05, 4.69) is 12.2 Å². The summed E-state index contributed by atoms with van der Waals surface area (Å²) in [6, 6.07) is 0. The molecule has 0 saturated heterocycles. The van der Waals surface area contributed by atoms with E-state index < -0.39 is 0 Å². The van der Waals surface area contributed by atoms with Gasteiger partial charge in [-0.05, 0) is 30.1 Å². The van der Waals surface area contributed by atoms with Gasteiger partial charge in [0, 0.05) is 12.8 Å². The third-order valence-corrected chi connectivity index (χ3v) is 3.67. The zero-order chi connectivity index (χ0) is 11.0. The minimum absolute atomic E-state index is 0.227. The lowest BCUT2D eigenvalue weighted by Gasteiger charge is -2.25. The largest absolute Gasteiger partial charge is 0.370 e. The van der Waals surface area contributed by atoms with Crippen LogP contribution in [-0.4, -0.2) is 11.8 Å². The lowest BCUT2D eigenvalue weighted by Crippen LogP contribution is -2.29. The average Bonchev–Trinajstić information content (AvgIpc) is 2.67. The Labute approximate surface area is 88.7 Å². The molecule has 2 bridgehead atoms. The molecular formula is C11H16N2O2. The van der Waals surface area contributed by atoms with Crippen LogP contribution in [0, 0.1) is 23.7 Å². The lowest BCUT2D eigenvalue weighted by molar-refractivity contribution is -0.122. The number of nitrogens with two attached hydrogens (primary N) is 2. The van der Waals surface area contributed by atoms with Crippen molar-refractivity contribution in [2.45, 2.75) is 19.3 Å². The Kier molecular flexibility index (Phi) is 2.50. The van der Waals surface area contributed by atoms with E-state index in [1.54, 1.807) is 0 Å². The van der Waals surface area contributed by atoms with Gasteiger partial charge < -0.3 is 11.5 Å². The fourth-order valence-corrected chi connectivity index (χ4v) is 3.10. The van der Waals surface area contributed by atoms with Crippen molar-refractivity contribution >= 4 is 11.8 Å². The molecular weight excluding hydrogens is 192 g/mol. The summed E-state index contributed by atoms with van der Waals surface area (Å²) in [6.45, 7) is 0. The van der Waals surface area contributed by atoms with Gasteiger partial charge in [0.1, 0.15) is 0 Å². The molecule has 4 unspecified atom stereocenters. The maximum absolute atomic E-state index is 10.9. The molecule has 0 aromatic carbocycles. The van der Waals surface area contributed by atoms with E-state index in [0.717, 1.165) is 6.42 Å². The first kappa shape index (κ1) is 10.2. The van der Waals surface area contributed by atoms with Crippen LogP contribution in [0.3, 0.4) is 0 Å². The molecule has 82 valence electrons. The third-order valence-electron chi connectivity index (χ3n) is 3.67. The summed E-state index contributed by atoms with van der Waals surface area (Å²) < 4.78 is 0.